The molecule has 0 heterocycles. The Morgan fingerprint density at radius 1 is 0.938 bits per heavy atom. The molecule has 3 rings (SSSR count). The van der Waals surface area contributed by atoms with Crippen LogP contribution in [0, 0.1) is 11.6 Å². The van der Waals surface area contributed by atoms with Crippen molar-refractivity contribution in [2.45, 2.75) is 0 Å². The van der Waals surface area contributed by atoms with Crippen molar-refractivity contribution in [1.29, 1.82) is 0 Å². The third kappa shape index (κ3) is 5.88. The molecule has 0 saturated carbocycles. The van der Waals surface area contributed by atoms with Gasteiger partial charge in [-0.2, -0.15) is 5.10 Å². The van der Waals surface area contributed by atoms with Gasteiger partial charge < -0.3 is 14.2 Å². The van der Waals surface area contributed by atoms with Gasteiger partial charge in [-0.1, -0.05) is 24.3 Å². The predicted molar refractivity (Wildman–Crippen MR) is 112 cm³/mol. The minimum absolute atomic E-state index is 0.0446. The van der Waals surface area contributed by atoms with Crippen LogP contribution in [-0.4, -0.2) is 31.8 Å². The number of hydrogen-bond donors (Lipinski definition) is 1. The van der Waals surface area contributed by atoms with Crippen LogP contribution < -0.4 is 19.6 Å². The molecule has 3 aromatic rings. The number of nitrogens with zero attached hydrogens (tertiary/aromatic N) is 1. The Balaban J connectivity index is 1.58. The summed E-state index contributed by atoms with van der Waals surface area (Å²) >= 11 is 0. The lowest BCUT2D eigenvalue weighted by Gasteiger charge is -2.10. The molecule has 32 heavy (non-hydrogen) atoms. The fourth-order valence-corrected chi connectivity index (χ4v) is 2.55. The van der Waals surface area contributed by atoms with Gasteiger partial charge in [-0.3, -0.25) is 4.79 Å². The molecule has 0 bridgehead atoms. The van der Waals surface area contributed by atoms with Crippen LogP contribution in [0.3, 0.4) is 0 Å². The lowest BCUT2D eigenvalue weighted by molar-refractivity contribution is -0.123. The van der Waals surface area contributed by atoms with E-state index in [0.717, 1.165) is 6.07 Å². The maximum absolute atomic E-state index is 13.8. The fraction of sp³-hybridized carbons (Fsp3) is 0.0870. The van der Waals surface area contributed by atoms with Gasteiger partial charge in [0.1, 0.15) is 5.82 Å². The van der Waals surface area contributed by atoms with E-state index in [1.54, 1.807) is 12.1 Å². The van der Waals surface area contributed by atoms with Crippen LogP contribution in [0.1, 0.15) is 15.9 Å². The van der Waals surface area contributed by atoms with Gasteiger partial charge in [-0.15, -0.1) is 0 Å². The molecule has 0 aromatic heterocycles. The van der Waals surface area contributed by atoms with E-state index >= 15 is 0 Å². The summed E-state index contributed by atoms with van der Waals surface area (Å²) in [5.74, 6) is -2.50. The van der Waals surface area contributed by atoms with Crippen molar-refractivity contribution in [1.82, 2.24) is 5.43 Å². The number of hydrazone groups is 1. The van der Waals surface area contributed by atoms with E-state index < -0.39 is 30.1 Å². The average molecular weight is 440 g/mol. The molecular weight excluding hydrogens is 422 g/mol. The van der Waals surface area contributed by atoms with Crippen LogP contribution in [0.2, 0.25) is 0 Å². The number of carbonyl (C=O) groups is 2. The number of halogens is 2. The molecule has 0 aliphatic carbocycles. The Hall–Kier alpha value is -4.27. The highest BCUT2D eigenvalue weighted by molar-refractivity contribution is 5.92. The predicted octanol–water partition coefficient (Wildman–Crippen LogP) is 3.72. The summed E-state index contributed by atoms with van der Waals surface area (Å²) in [5, 5.41) is 3.79. The third-order valence-electron chi connectivity index (χ3n) is 4.08. The van der Waals surface area contributed by atoms with Gasteiger partial charge in [0.05, 0.1) is 18.9 Å². The number of esters is 1. The molecule has 1 N–H and O–H groups in total. The second-order valence-corrected chi connectivity index (χ2v) is 6.29. The first-order chi connectivity index (χ1) is 15.5. The zero-order valence-corrected chi connectivity index (χ0v) is 16.9. The normalized spacial score (nSPS) is 10.6. The number of hydrogen-bond acceptors (Lipinski definition) is 6. The topological polar surface area (TPSA) is 86.2 Å². The monoisotopic (exact) mass is 440 g/mol. The van der Waals surface area contributed by atoms with E-state index in [1.807, 2.05) is 0 Å². The number of benzene rings is 3. The number of carbonyl (C=O) groups excluding carboxylic acids is 2. The summed E-state index contributed by atoms with van der Waals surface area (Å²) < 4.78 is 42.7. The van der Waals surface area contributed by atoms with Crippen LogP contribution in [-0.2, 0) is 4.79 Å². The standard InChI is InChI=1S/C23H18F2N2O5/c1-30-21-12-15(10-11-20(21)32-23(29)16-6-2-3-7-17(16)24)13-26-27-22(28)14-31-19-9-5-4-8-18(19)25/h2-13H,14H2,1H3,(H,27,28)/b26-13+. The van der Waals surface area contributed by atoms with Crippen LogP contribution in [0.25, 0.3) is 0 Å². The van der Waals surface area contributed by atoms with E-state index in [2.05, 4.69) is 10.5 Å². The summed E-state index contributed by atoms with van der Waals surface area (Å²) in [6.45, 7) is -0.424. The highest BCUT2D eigenvalue weighted by Crippen LogP contribution is 2.28. The van der Waals surface area contributed by atoms with Gasteiger partial charge in [0, 0.05) is 0 Å². The SMILES string of the molecule is COc1cc(/C=N/NC(=O)COc2ccccc2F)ccc1OC(=O)c1ccccc1F. The first-order valence-corrected chi connectivity index (χ1v) is 9.32. The first-order valence-electron chi connectivity index (χ1n) is 9.32. The molecule has 0 aliphatic rings. The second kappa shape index (κ2) is 10.7. The van der Waals surface area contributed by atoms with Crippen molar-refractivity contribution in [2.24, 2.45) is 5.10 Å². The smallest absolute Gasteiger partial charge is 0.346 e. The van der Waals surface area contributed by atoms with Crippen molar-refractivity contribution < 1.29 is 32.6 Å². The molecule has 0 fully saturated rings. The van der Waals surface area contributed by atoms with Crippen molar-refractivity contribution in [3.63, 3.8) is 0 Å². The molecule has 0 unspecified atom stereocenters. The summed E-state index contributed by atoms with van der Waals surface area (Å²) in [4.78, 5) is 24.0. The fourth-order valence-electron chi connectivity index (χ4n) is 2.55. The van der Waals surface area contributed by atoms with Crippen molar-refractivity contribution >= 4 is 18.1 Å². The number of ether oxygens (including phenoxy) is 3. The van der Waals surface area contributed by atoms with Crippen molar-refractivity contribution in [3.05, 3.63) is 89.5 Å². The Labute approximate surface area is 182 Å². The molecule has 9 heteroatoms. The van der Waals surface area contributed by atoms with Gasteiger partial charge in [-0.05, 0) is 48.0 Å². The molecule has 0 atom stereocenters. The minimum Gasteiger partial charge on any atom is -0.493 e. The Morgan fingerprint density at radius 2 is 1.66 bits per heavy atom. The maximum atomic E-state index is 13.8. The second-order valence-electron chi connectivity index (χ2n) is 6.29. The number of nitrogens with one attached hydrogen (secondary N) is 1. The molecule has 0 aliphatic heterocycles. The van der Waals surface area contributed by atoms with Gasteiger partial charge >= 0.3 is 5.97 Å². The van der Waals surface area contributed by atoms with Gasteiger partial charge in [-0.25, -0.2) is 19.0 Å². The van der Waals surface area contributed by atoms with E-state index in [9.17, 15) is 18.4 Å². The lowest BCUT2D eigenvalue weighted by atomic mass is 10.2. The Kier molecular flexibility index (Phi) is 7.47. The zero-order chi connectivity index (χ0) is 22.9. The molecule has 164 valence electrons. The summed E-state index contributed by atoms with van der Waals surface area (Å²) in [7, 11) is 1.37. The summed E-state index contributed by atoms with van der Waals surface area (Å²) in [6.07, 6.45) is 1.33. The van der Waals surface area contributed by atoms with Gasteiger partial charge in [0.15, 0.2) is 29.7 Å². The van der Waals surface area contributed by atoms with Crippen molar-refractivity contribution in [3.8, 4) is 17.2 Å². The van der Waals surface area contributed by atoms with Crippen LogP contribution in [0.4, 0.5) is 8.78 Å². The molecule has 3 aromatic carbocycles. The molecule has 0 saturated heterocycles. The number of amides is 1. The zero-order valence-electron chi connectivity index (χ0n) is 16.9. The molecule has 0 radical (unpaired) electrons. The van der Waals surface area contributed by atoms with Crippen LogP contribution in [0.5, 0.6) is 17.2 Å². The summed E-state index contributed by atoms with van der Waals surface area (Å²) in [5.41, 5.74) is 2.56. The highest BCUT2D eigenvalue weighted by atomic mass is 19.1. The van der Waals surface area contributed by atoms with Crippen molar-refractivity contribution in [2.75, 3.05) is 13.7 Å². The number of methoxy groups -OCH3 is 1. The maximum Gasteiger partial charge on any atom is 0.346 e. The van der Waals surface area contributed by atoms with E-state index in [4.69, 9.17) is 14.2 Å². The number of rotatable bonds is 8. The van der Waals surface area contributed by atoms with Gasteiger partial charge in [0.25, 0.3) is 5.91 Å². The lowest BCUT2D eigenvalue weighted by Crippen LogP contribution is -2.24. The average Bonchev–Trinajstić information content (AvgIpc) is 2.79. The molecular formula is C23H18F2N2O5. The highest BCUT2D eigenvalue weighted by Gasteiger charge is 2.16. The molecule has 7 nitrogen and oxygen atoms in total. The molecule has 1 amide bonds. The van der Waals surface area contributed by atoms with Crippen LogP contribution >= 0.6 is 0 Å². The summed E-state index contributed by atoms with van der Waals surface area (Å²) in [6, 6.07) is 15.7. The Bertz CT molecular complexity index is 1150. The quantitative estimate of drug-likeness (QED) is 0.250. The number of para-hydroxylation sites is 1. The minimum atomic E-state index is -0.870. The van der Waals surface area contributed by atoms with Gasteiger partial charge in [0.2, 0.25) is 0 Å². The van der Waals surface area contributed by atoms with E-state index in [1.165, 1.54) is 61.9 Å². The third-order valence-corrected chi connectivity index (χ3v) is 4.08. The molecule has 0 spiro atoms. The van der Waals surface area contributed by atoms with E-state index in [0.29, 0.717) is 5.56 Å². The first kappa shape index (κ1) is 22.4. The largest absolute Gasteiger partial charge is 0.493 e. The van der Waals surface area contributed by atoms with E-state index in [-0.39, 0.29) is 22.8 Å². The van der Waals surface area contributed by atoms with Crippen LogP contribution in [0.15, 0.2) is 71.8 Å². The Morgan fingerprint density at radius 3 is 2.38 bits per heavy atom.